The molecule has 1 aliphatic rings. The van der Waals surface area contributed by atoms with Crippen LogP contribution < -0.4 is 9.47 Å². The Labute approximate surface area is 205 Å². The molecule has 2 rings (SSSR count). The summed E-state index contributed by atoms with van der Waals surface area (Å²) in [6.45, 7) is 12.6. The topological polar surface area (TPSA) is 77.5 Å². The summed E-state index contributed by atoms with van der Waals surface area (Å²) < 4.78 is 22.1. The number of amides is 1. The second-order valence-corrected chi connectivity index (χ2v) is 10.7. The summed E-state index contributed by atoms with van der Waals surface area (Å²) in [5.41, 5.74) is 0.672. The van der Waals surface area contributed by atoms with E-state index in [1.807, 2.05) is 26.8 Å². The quantitative estimate of drug-likeness (QED) is 0.434. The highest BCUT2D eigenvalue weighted by Crippen LogP contribution is 2.35. The molecule has 3 atom stereocenters. The number of carbonyl (C=O) groups excluding carboxylic acids is 1. The summed E-state index contributed by atoms with van der Waals surface area (Å²) in [6.07, 6.45) is 2.37. The number of rotatable bonds is 12. The van der Waals surface area contributed by atoms with E-state index in [0.29, 0.717) is 38.1 Å². The van der Waals surface area contributed by atoms with Gasteiger partial charge in [0.1, 0.15) is 5.60 Å². The van der Waals surface area contributed by atoms with Crippen LogP contribution in [0.2, 0.25) is 0 Å². The molecule has 194 valence electrons. The molecule has 1 heterocycles. The van der Waals surface area contributed by atoms with E-state index in [2.05, 4.69) is 26.0 Å². The van der Waals surface area contributed by atoms with Crippen LogP contribution >= 0.6 is 0 Å². The van der Waals surface area contributed by atoms with Gasteiger partial charge in [-0.25, -0.2) is 4.79 Å². The predicted molar refractivity (Wildman–Crippen MR) is 134 cm³/mol. The van der Waals surface area contributed by atoms with E-state index < -0.39 is 5.60 Å². The maximum absolute atomic E-state index is 12.6. The Kier molecular flexibility index (Phi) is 11.0. The number of aliphatic hydroxyl groups is 1. The normalized spacial score (nSPS) is 19.4. The van der Waals surface area contributed by atoms with E-state index in [0.717, 1.165) is 30.8 Å². The monoisotopic (exact) mass is 479 g/mol. The number of benzene rings is 1. The zero-order valence-electron chi connectivity index (χ0n) is 22.1. The molecule has 0 saturated carbocycles. The largest absolute Gasteiger partial charge is 0.493 e. The SMILES string of the molecule is COCCCOc1cc(CC(C[C@@H]2CN(C(=O)OC(C)(C)C)C[C@H]2CO)C(C)C)ccc1OC. The fraction of sp³-hybridized carbons (Fsp3) is 0.741. The van der Waals surface area contributed by atoms with Crippen molar-refractivity contribution >= 4 is 6.09 Å². The zero-order valence-corrected chi connectivity index (χ0v) is 22.1. The maximum atomic E-state index is 12.6. The van der Waals surface area contributed by atoms with Crippen molar-refractivity contribution in [3.05, 3.63) is 23.8 Å². The second kappa shape index (κ2) is 13.2. The van der Waals surface area contributed by atoms with Gasteiger partial charge in [-0.3, -0.25) is 0 Å². The summed E-state index contributed by atoms with van der Waals surface area (Å²) in [4.78, 5) is 14.3. The number of hydrogen-bond acceptors (Lipinski definition) is 6. The second-order valence-electron chi connectivity index (χ2n) is 10.7. The van der Waals surface area contributed by atoms with E-state index in [4.69, 9.17) is 18.9 Å². The lowest BCUT2D eigenvalue weighted by Crippen LogP contribution is -2.35. The standard InChI is InChI=1S/C27H45NO6/c1-19(2)21(13-20-9-10-24(32-7)25(14-20)33-12-8-11-31-6)15-22-16-28(17-23(22)18-29)26(30)34-27(3,4)5/h9-10,14,19,21-23,29H,8,11-13,15-18H2,1-7H3/t21?,22-,23+/m1/s1. The number of methoxy groups -OCH3 is 2. The van der Waals surface area contributed by atoms with Gasteiger partial charge < -0.3 is 29.0 Å². The van der Waals surface area contributed by atoms with Crippen molar-refractivity contribution in [2.75, 3.05) is 47.1 Å². The summed E-state index contributed by atoms with van der Waals surface area (Å²) in [5.74, 6) is 2.67. The summed E-state index contributed by atoms with van der Waals surface area (Å²) in [7, 11) is 3.34. The molecular formula is C27H45NO6. The maximum Gasteiger partial charge on any atom is 0.410 e. The van der Waals surface area contributed by atoms with E-state index >= 15 is 0 Å². The van der Waals surface area contributed by atoms with Gasteiger partial charge in [0.2, 0.25) is 0 Å². The summed E-state index contributed by atoms with van der Waals surface area (Å²) >= 11 is 0. The lowest BCUT2D eigenvalue weighted by molar-refractivity contribution is 0.0280. The molecular weight excluding hydrogens is 434 g/mol. The number of likely N-dealkylation sites (tertiary alicyclic amines) is 1. The first kappa shape index (κ1) is 28.2. The van der Waals surface area contributed by atoms with Crippen LogP contribution in [0.15, 0.2) is 18.2 Å². The van der Waals surface area contributed by atoms with Crippen LogP contribution in [0.3, 0.4) is 0 Å². The number of aliphatic hydroxyl groups excluding tert-OH is 1. The third-order valence-electron chi connectivity index (χ3n) is 6.49. The van der Waals surface area contributed by atoms with Gasteiger partial charge in [-0.15, -0.1) is 0 Å². The first-order valence-corrected chi connectivity index (χ1v) is 12.4. The highest BCUT2D eigenvalue weighted by Gasteiger charge is 2.38. The van der Waals surface area contributed by atoms with Crippen LogP contribution in [-0.4, -0.2) is 68.8 Å². The van der Waals surface area contributed by atoms with Crippen molar-refractivity contribution in [2.24, 2.45) is 23.7 Å². The fourth-order valence-corrected chi connectivity index (χ4v) is 4.52. The molecule has 0 bridgehead atoms. The van der Waals surface area contributed by atoms with Gasteiger partial charge in [-0.2, -0.15) is 0 Å². The first-order valence-electron chi connectivity index (χ1n) is 12.4. The zero-order chi connectivity index (χ0) is 25.3. The van der Waals surface area contributed by atoms with Gasteiger partial charge in [-0.05, 0) is 69.1 Å². The highest BCUT2D eigenvalue weighted by molar-refractivity contribution is 5.68. The van der Waals surface area contributed by atoms with E-state index in [-0.39, 0.29) is 24.5 Å². The Hall–Kier alpha value is -1.99. The van der Waals surface area contributed by atoms with Crippen LogP contribution in [-0.2, 0) is 15.9 Å². The number of ether oxygens (including phenoxy) is 4. The van der Waals surface area contributed by atoms with Gasteiger partial charge in [0.15, 0.2) is 11.5 Å². The first-order chi connectivity index (χ1) is 16.1. The Morgan fingerprint density at radius 3 is 2.41 bits per heavy atom. The predicted octanol–water partition coefficient (Wildman–Crippen LogP) is 4.79. The minimum absolute atomic E-state index is 0.0734. The summed E-state index contributed by atoms with van der Waals surface area (Å²) in [6, 6.07) is 6.14. The molecule has 0 aliphatic carbocycles. The third kappa shape index (κ3) is 8.66. The van der Waals surface area contributed by atoms with Crippen LogP contribution in [0.4, 0.5) is 4.79 Å². The lowest BCUT2D eigenvalue weighted by atomic mass is 9.79. The average molecular weight is 480 g/mol. The van der Waals surface area contributed by atoms with Crippen molar-refractivity contribution in [1.82, 2.24) is 4.90 Å². The molecule has 1 fully saturated rings. The van der Waals surface area contributed by atoms with Crippen molar-refractivity contribution in [3.8, 4) is 11.5 Å². The molecule has 1 aromatic rings. The molecule has 1 amide bonds. The Morgan fingerprint density at radius 2 is 1.82 bits per heavy atom. The smallest absolute Gasteiger partial charge is 0.410 e. The molecule has 7 heteroatoms. The molecule has 34 heavy (non-hydrogen) atoms. The third-order valence-corrected chi connectivity index (χ3v) is 6.49. The van der Waals surface area contributed by atoms with E-state index in [1.165, 1.54) is 5.56 Å². The van der Waals surface area contributed by atoms with Gasteiger partial charge in [0, 0.05) is 45.8 Å². The van der Waals surface area contributed by atoms with Crippen molar-refractivity contribution < 1.29 is 28.8 Å². The van der Waals surface area contributed by atoms with Gasteiger partial charge in [-0.1, -0.05) is 19.9 Å². The molecule has 0 radical (unpaired) electrons. The van der Waals surface area contributed by atoms with Gasteiger partial charge >= 0.3 is 6.09 Å². The summed E-state index contributed by atoms with van der Waals surface area (Å²) in [5, 5.41) is 10.0. The Balaban J connectivity index is 2.08. The molecule has 1 aromatic carbocycles. The minimum Gasteiger partial charge on any atom is -0.493 e. The van der Waals surface area contributed by atoms with E-state index in [1.54, 1.807) is 19.1 Å². The molecule has 7 nitrogen and oxygen atoms in total. The van der Waals surface area contributed by atoms with Crippen molar-refractivity contribution in [1.29, 1.82) is 0 Å². The van der Waals surface area contributed by atoms with E-state index in [9.17, 15) is 9.90 Å². The van der Waals surface area contributed by atoms with Gasteiger partial charge in [0.25, 0.3) is 0 Å². The van der Waals surface area contributed by atoms with Crippen LogP contribution in [0.1, 0.15) is 53.0 Å². The highest BCUT2D eigenvalue weighted by atomic mass is 16.6. The van der Waals surface area contributed by atoms with Crippen molar-refractivity contribution in [2.45, 2.75) is 59.5 Å². The van der Waals surface area contributed by atoms with Gasteiger partial charge in [0.05, 0.1) is 13.7 Å². The lowest BCUT2D eigenvalue weighted by Gasteiger charge is -2.27. The molecule has 0 spiro atoms. The molecule has 1 aliphatic heterocycles. The number of hydrogen-bond donors (Lipinski definition) is 1. The molecule has 1 saturated heterocycles. The fourth-order valence-electron chi connectivity index (χ4n) is 4.52. The molecule has 0 aromatic heterocycles. The van der Waals surface area contributed by atoms with Crippen molar-refractivity contribution in [3.63, 3.8) is 0 Å². The van der Waals surface area contributed by atoms with Crippen LogP contribution in [0, 0.1) is 23.7 Å². The average Bonchev–Trinajstić information content (AvgIpc) is 3.18. The number of carbonyl (C=O) groups is 1. The minimum atomic E-state index is -0.526. The number of nitrogens with zero attached hydrogens (tertiary/aromatic N) is 1. The van der Waals surface area contributed by atoms with Crippen LogP contribution in [0.5, 0.6) is 11.5 Å². The van der Waals surface area contributed by atoms with Crippen LogP contribution in [0.25, 0.3) is 0 Å². The Bertz CT molecular complexity index is 760. The molecule has 1 N–H and O–H groups in total. The molecule has 1 unspecified atom stereocenters. The Morgan fingerprint density at radius 1 is 1.12 bits per heavy atom.